The molecule has 1 aromatic carbocycles. The number of hydrogen-bond acceptors (Lipinski definition) is 3. The average Bonchev–Trinajstić information content (AvgIpc) is 2.97. The van der Waals surface area contributed by atoms with Gasteiger partial charge < -0.3 is 10.1 Å². The van der Waals surface area contributed by atoms with Gasteiger partial charge in [-0.05, 0) is 31.0 Å². The molecule has 4 heteroatoms. The van der Waals surface area contributed by atoms with Gasteiger partial charge in [0.15, 0.2) is 0 Å². The highest BCUT2D eigenvalue weighted by Crippen LogP contribution is 2.18. The highest BCUT2D eigenvalue weighted by molar-refractivity contribution is 5.25. The van der Waals surface area contributed by atoms with Gasteiger partial charge in [0.2, 0.25) is 5.88 Å². The Kier molecular flexibility index (Phi) is 5.27. The first-order valence-corrected chi connectivity index (χ1v) is 8.09. The van der Waals surface area contributed by atoms with Crippen molar-refractivity contribution in [2.45, 2.75) is 25.9 Å². The first-order chi connectivity index (χ1) is 11.3. The van der Waals surface area contributed by atoms with Crippen molar-refractivity contribution < 1.29 is 4.74 Å². The lowest BCUT2D eigenvalue weighted by molar-refractivity contribution is 0.317. The Labute approximate surface area is 137 Å². The number of nitrogens with one attached hydrogen (secondary N) is 1. The highest BCUT2D eigenvalue weighted by Gasteiger charge is 2.10. The minimum Gasteiger partial charge on any atom is -0.473 e. The van der Waals surface area contributed by atoms with Crippen LogP contribution in [-0.2, 0) is 13.1 Å². The molecule has 0 fully saturated rings. The molecule has 0 bridgehead atoms. The van der Waals surface area contributed by atoms with Crippen LogP contribution < -0.4 is 10.1 Å². The lowest BCUT2D eigenvalue weighted by Crippen LogP contribution is -2.09. The van der Waals surface area contributed by atoms with E-state index in [0.717, 1.165) is 37.5 Å². The lowest BCUT2D eigenvalue weighted by Gasteiger charge is -2.11. The van der Waals surface area contributed by atoms with E-state index in [1.54, 1.807) is 0 Å². The molecule has 1 aliphatic carbocycles. The Morgan fingerprint density at radius 1 is 1.22 bits per heavy atom. The Hall–Kier alpha value is -2.33. The van der Waals surface area contributed by atoms with Gasteiger partial charge in [0, 0.05) is 12.6 Å². The summed E-state index contributed by atoms with van der Waals surface area (Å²) in [6.45, 7) is 2.05. The summed E-state index contributed by atoms with van der Waals surface area (Å²) < 4.78 is 7.97. The molecule has 0 saturated heterocycles. The molecule has 1 aliphatic rings. The van der Waals surface area contributed by atoms with Gasteiger partial charge >= 0.3 is 0 Å². The van der Waals surface area contributed by atoms with Crippen LogP contribution in [-0.4, -0.2) is 23.4 Å². The summed E-state index contributed by atoms with van der Waals surface area (Å²) in [5, 5.41) is 7.79. The predicted molar refractivity (Wildman–Crippen MR) is 92.5 cm³/mol. The van der Waals surface area contributed by atoms with Crippen molar-refractivity contribution >= 4 is 0 Å². The zero-order chi connectivity index (χ0) is 15.9. The second-order valence-corrected chi connectivity index (χ2v) is 5.69. The molecule has 1 aromatic heterocycles. The molecule has 23 heavy (non-hydrogen) atoms. The van der Waals surface area contributed by atoms with E-state index < -0.39 is 0 Å². The quantitative estimate of drug-likeness (QED) is 0.853. The van der Waals surface area contributed by atoms with Gasteiger partial charge in [0.1, 0.15) is 6.61 Å². The van der Waals surface area contributed by atoms with E-state index in [-0.39, 0.29) is 0 Å². The number of ether oxygens (including phenoxy) is 1. The van der Waals surface area contributed by atoms with E-state index in [4.69, 9.17) is 4.74 Å². The van der Waals surface area contributed by atoms with Crippen molar-refractivity contribution in [3.05, 3.63) is 71.5 Å². The Bertz CT molecular complexity index is 686. The van der Waals surface area contributed by atoms with Crippen LogP contribution >= 0.6 is 0 Å². The molecule has 120 valence electrons. The van der Waals surface area contributed by atoms with Gasteiger partial charge in [-0.1, -0.05) is 48.6 Å². The monoisotopic (exact) mass is 309 g/mol. The molecule has 1 heterocycles. The maximum Gasteiger partial charge on any atom is 0.212 e. The molecule has 2 aromatic rings. The molecule has 0 atom stereocenters. The minimum atomic E-state index is 0.593. The molecule has 0 amide bonds. The van der Waals surface area contributed by atoms with Crippen LogP contribution in [0.1, 0.15) is 24.1 Å². The normalized spacial score (nSPS) is 13.9. The van der Waals surface area contributed by atoms with Gasteiger partial charge in [-0.2, -0.15) is 5.10 Å². The summed E-state index contributed by atoms with van der Waals surface area (Å²) in [4.78, 5) is 0. The molecule has 0 saturated carbocycles. The van der Waals surface area contributed by atoms with Crippen LogP contribution in [0.25, 0.3) is 0 Å². The van der Waals surface area contributed by atoms with Gasteiger partial charge in [-0.3, -0.25) is 0 Å². The molecular formula is C19H23N3O. The fourth-order valence-electron chi connectivity index (χ4n) is 2.64. The van der Waals surface area contributed by atoms with Gasteiger partial charge in [-0.15, -0.1) is 0 Å². The van der Waals surface area contributed by atoms with E-state index in [0.29, 0.717) is 6.61 Å². The zero-order valence-corrected chi connectivity index (χ0v) is 13.5. The summed E-state index contributed by atoms with van der Waals surface area (Å²) in [6.07, 6.45) is 8.82. The number of rotatable bonds is 7. The number of benzene rings is 1. The summed E-state index contributed by atoms with van der Waals surface area (Å²) >= 11 is 0. The number of allylic oxidation sites excluding steroid dienone is 2. The van der Waals surface area contributed by atoms with Crippen LogP contribution in [0.15, 0.2) is 60.2 Å². The minimum absolute atomic E-state index is 0.593. The third-order valence-electron chi connectivity index (χ3n) is 3.79. The molecule has 0 radical (unpaired) electrons. The second-order valence-electron chi connectivity index (χ2n) is 5.69. The first kappa shape index (κ1) is 15.6. The van der Waals surface area contributed by atoms with Crippen molar-refractivity contribution in [3.63, 3.8) is 0 Å². The highest BCUT2D eigenvalue weighted by atomic mass is 16.5. The average molecular weight is 309 g/mol. The third kappa shape index (κ3) is 4.33. The molecular weight excluding hydrogens is 286 g/mol. The van der Waals surface area contributed by atoms with Gasteiger partial charge in [0.05, 0.1) is 12.2 Å². The Morgan fingerprint density at radius 3 is 2.83 bits per heavy atom. The van der Waals surface area contributed by atoms with Gasteiger partial charge in [-0.25, -0.2) is 4.68 Å². The van der Waals surface area contributed by atoms with Crippen LogP contribution in [0.5, 0.6) is 5.88 Å². The Balaban J connectivity index is 1.74. The summed E-state index contributed by atoms with van der Waals surface area (Å²) in [5.41, 5.74) is 3.44. The van der Waals surface area contributed by atoms with E-state index in [9.17, 15) is 0 Å². The fraction of sp³-hybridized carbons (Fsp3) is 0.316. The number of hydrogen-bond donors (Lipinski definition) is 1. The fourth-order valence-corrected chi connectivity index (χ4v) is 2.64. The van der Waals surface area contributed by atoms with Crippen LogP contribution in [0, 0.1) is 0 Å². The maximum absolute atomic E-state index is 6.03. The molecule has 0 unspecified atom stereocenters. The van der Waals surface area contributed by atoms with E-state index in [1.165, 1.54) is 11.1 Å². The topological polar surface area (TPSA) is 39.1 Å². The molecule has 0 aliphatic heterocycles. The third-order valence-corrected chi connectivity index (χ3v) is 3.79. The lowest BCUT2D eigenvalue weighted by atomic mass is 10.1. The molecule has 3 rings (SSSR count). The number of aromatic nitrogens is 2. The standard InChI is InChI=1S/C19H23N3O/c1-20-13-18-12-19(23-15-17-10-6-3-7-11-17)22(21-18)14-16-8-4-2-5-9-16/h2,4-6,8-12,20H,3,7,13-15H2,1H3. The smallest absolute Gasteiger partial charge is 0.212 e. The predicted octanol–water partition coefficient (Wildman–Crippen LogP) is 3.31. The van der Waals surface area contributed by atoms with E-state index >= 15 is 0 Å². The van der Waals surface area contributed by atoms with Crippen LogP contribution in [0.3, 0.4) is 0 Å². The van der Waals surface area contributed by atoms with Crippen molar-refractivity contribution in [1.82, 2.24) is 15.1 Å². The SMILES string of the molecule is CNCc1cc(OCC2=CCCC=C2)n(Cc2ccccc2)n1. The number of nitrogens with zero attached hydrogens (tertiary/aromatic N) is 2. The second kappa shape index (κ2) is 7.79. The maximum atomic E-state index is 6.03. The Morgan fingerprint density at radius 2 is 2.09 bits per heavy atom. The largest absolute Gasteiger partial charge is 0.473 e. The van der Waals surface area contributed by atoms with Crippen molar-refractivity contribution in [2.24, 2.45) is 0 Å². The summed E-state index contributed by atoms with van der Waals surface area (Å²) in [6, 6.07) is 12.4. The van der Waals surface area contributed by atoms with E-state index in [2.05, 4.69) is 40.8 Å². The van der Waals surface area contributed by atoms with Crippen LogP contribution in [0.2, 0.25) is 0 Å². The van der Waals surface area contributed by atoms with Crippen LogP contribution in [0.4, 0.5) is 0 Å². The van der Waals surface area contributed by atoms with E-state index in [1.807, 2.05) is 36.0 Å². The summed E-state index contributed by atoms with van der Waals surface area (Å²) in [7, 11) is 1.92. The van der Waals surface area contributed by atoms with Gasteiger partial charge in [0.25, 0.3) is 0 Å². The molecule has 0 spiro atoms. The molecule has 1 N–H and O–H groups in total. The zero-order valence-electron chi connectivity index (χ0n) is 13.5. The van der Waals surface area contributed by atoms with Crippen molar-refractivity contribution in [1.29, 1.82) is 0 Å². The summed E-state index contributed by atoms with van der Waals surface area (Å²) in [5.74, 6) is 0.818. The molecule has 4 nitrogen and oxygen atoms in total. The van der Waals surface area contributed by atoms with Crippen molar-refractivity contribution in [3.8, 4) is 5.88 Å². The first-order valence-electron chi connectivity index (χ1n) is 8.09. The van der Waals surface area contributed by atoms with Crippen molar-refractivity contribution in [2.75, 3.05) is 13.7 Å².